The molecule has 0 fully saturated rings. The first-order valence-electron chi connectivity index (χ1n) is 4.12. The van der Waals surface area contributed by atoms with Crippen LogP contribution in [0, 0.1) is 0 Å². The lowest BCUT2D eigenvalue weighted by Crippen LogP contribution is -2.07. The van der Waals surface area contributed by atoms with Gasteiger partial charge in [0.2, 0.25) is 0 Å². The molecule has 0 saturated heterocycles. The SMILES string of the molecule is C=CCC(=O)c1ccc(C(F)(F)F)cn1. The van der Waals surface area contributed by atoms with Crippen LogP contribution in [0.3, 0.4) is 0 Å². The fourth-order valence-electron chi connectivity index (χ4n) is 0.962. The quantitative estimate of drug-likeness (QED) is 0.573. The second kappa shape index (κ2) is 4.25. The second-order valence-corrected chi connectivity index (χ2v) is 2.85. The summed E-state index contributed by atoms with van der Waals surface area (Å²) in [6, 6.07) is 1.90. The molecule has 0 bridgehead atoms. The molecule has 0 atom stereocenters. The van der Waals surface area contributed by atoms with Gasteiger partial charge in [-0.25, -0.2) is 0 Å². The van der Waals surface area contributed by atoms with Gasteiger partial charge in [-0.2, -0.15) is 13.2 Å². The molecule has 0 aliphatic rings. The van der Waals surface area contributed by atoms with Crippen molar-refractivity contribution in [2.24, 2.45) is 0 Å². The van der Waals surface area contributed by atoms with Crippen molar-refractivity contribution in [1.82, 2.24) is 4.98 Å². The van der Waals surface area contributed by atoms with E-state index >= 15 is 0 Å². The van der Waals surface area contributed by atoms with Crippen LogP contribution >= 0.6 is 0 Å². The third kappa shape index (κ3) is 2.90. The van der Waals surface area contributed by atoms with E-state index in [9.17, 15) is 18.0 Å². The third-order valence-electron chi connectivity index (χ3n) is 1.71. The van der Waals surface area contributed by atoms with Crippen molar-refractivity contribution in [3.05, 3.63) is 42.2 Å². The molecule has 0 aromatic carbocycles. The topological polar surface area (TPSA) is 30.0 Å². The zero-order valence-corrected chi connectivity index (χ0v) is 7.71. The van der Waals surface area contributed by atoms with E-state index in [1.54, 1.807) is 0 Å². The number of hydrogen-bond donors (Lipinski definition) is 0. The van der Waals surface area contributed by atoms with Gasteiger partial charge in [-0.05, 0) is 12.1 Å². The van der Waals surface area contributed by atoms with Crippen LogP contribution in [0.4, 0.5) is 13.2 Å². The van der Waals surface area contributed by atoms with E-state index in [-0.39, 0.29) is 17.9 Å². The molecule has 0 saturated carbocycles. The zero-order chi connectivity index (χ0) is 11.5. The van der Waals surface area contributed by atoms with Gasteiger partial charge in [0.05, 0.1) is 5.56 Å². The highest BCUT2D eigenvalue weighted by atomic mass is 19.4. The Morgan fingerprint density at radius 2 is 2.13 bits per heavy atom. The first-order valence-corrected chi connectivity index (χ1v) is 4.12. The molecule has 5 heteroatoms. The molecular weight excluding hydrogens is 207 g/mol. The number of alkyl halides is 3. The number of nitrogens with zero attached hydrogens (tertiary/aromatic N) is 1. The van der Waals surface area contributed by atoms with Gasteiger partial charge in [0.1, 0.15) is 5.69 Å². The van der Waals surface area contributed by atoms with Gasteiger partial charge in [0, 0.05) is 12.6 Å². The maximum Gasteiger partial charge on any atom is 0.417 e. The number of halogens is 3. The number of Topliss-reactive ketones (excluding diaryl/α,β-unsaturated/α-hetero) is 1. The number of allylic oxidation sites excluding steroid dienone is 1. The first-order chi connectivity index (χ1) is 6.95. The Morgan fingerprint density at radius 3 is 2.53 bits per heavy atom. The van der Waals surface area contributed by atoms with Crippen molar-refractivity contribution in [2.45, 2.75) is 12.6 Å². The maximum absolute atomic E-state index is 12.1. The van der Waals surface area contributed by atoms with Crippen LogP contribution in [0.1, 0.15) is 22.5 Å². The predicted octanol–water partition coefficient (Wildman–Crippen LogP) is 2.86. The van der Waals surface area contributed by atoms with E-state index in [0.717, 1.165) is 12.1 Å². The van der Waals surface area contributed by atoms with E-state index < -0.39 is 11.7 Å². The fourth-order valence-corrected chi connectivity index (χ4v) is 0.962. The Balaban J connectivity index is 2.90. The standard InChI is InChI=1S/C10H8F3NO/c1-2-3-9(15)8-5-4-7(6-14-8)10(11,12)13/h2,4-6H,1,3H2. The average molecular weight is 215 g/mol. The lowest BCUT2D eigenvalue weighted by molar-refractivity contribution is -0.137. The van der Waals surface area contributed by atoms with Gasteiger partial charge in [-0.3, -0.25) is 9.78 Å². The number of pyridine rings is 1. The molecule has 0 radical (unpaired) electrons. The van der Waals surface area contributed by atoms with Gasteiger partial charge in [-0.15, -0.1) is 6.58 Å². The highest BCUT2D eigenvalue weighted by molar-refractivity contribution is 5.95. The predicted molar refractivity (Wildman–Crippen MR) is 48.4 cm³/mol. The van der Waals surface area contributed by atoms with Crippen LogP contribution in [0.25, 0.3) is 0 Å². The fraction of sp³-hybridized carbons (Fsp3) is 0.200. The van der Waals surface area contributed by atoms with E-state index in [2.05, 4.69) is 11.6 Å². The molecule has 1 heterocycles. The molecule has 0 aliphatic carbocycles. The van der Waals surface area contributed by atoms with Crippen molar-refractivity contribution >= 4 is 5.78 Å². The Kier molecular flexibility index (Phi) is 3.24. The normalized spacial score (nSPS) is 11.1. The molecule has 0 amide bonds. The van der Waals surface area contributed by atoms with Gasteiger partial charge in [0.15, 0.2) is 5.78 Å². The molecule has 0 spiro atoms. The molecule has 0 unspecified atom stereocenters. The Morgan fingerprint density at radius 1 is 1.47 bits per heavy atom. The number of carbonyl (C=O) groups excluding carboxylic acids is 1. The zero-order valence-electron chi connectivity index (χ0n) is 7.71. The monoisotopic (exact) mass is 215 g/mol. The van der Waals surface area contributed by atoms with E-state index in [1.165, 1.54) is 6.08 Å². The Hall–Kier alpha value is -1.65. The van der Waals surface area contributed by atoms with Crippen molar-refractivity contribution in [2.75, 3.05) is 0 Å². The molecule has 1 aromatic rings. The maximum atomic E-state index is 12.1. The number of hydrogen-bond acceptors (Lipinski definition) is 2. The minimum absolute atomic E-state index is 0.0166. The largest absolute Gasteiger partial charge is 0.417 e. The first kappa shape index (κ1) is 11.4. The second-order valence-electron chi connectivity index (χ2n) is 2.85. The van der Waals surface area contributed by atoms with Gasteiger partial charge in [-0.1, -0.05) is 6.08 Å². The number of aromatic nitrogens is 1. The summed E-state index contributed by atoms with van der Waals surface area (Å²) in [6.07, 6.45) is -2.33. The summed E-state index contributed by atoms with van der Waals surface area (Å²) < 4.78 is 36.4. The van der Waals surface area contributed by atoms with Gasteiger partial charge >= 0.3 is 6.18 Å². The molecule has 15 heavy (non-hydrogen) atoms. The summed E-state index contributed by atoms with van der Waals surface area (Å²) in [4.78, 5) is 14.6. The molecule has 2 nitrogen and oxygen atoms in total. The minimum atomic E-state index is -4.42. The molecular formula is C10H8F3NO. The van der Waals surface area contributed by atoms with Crippen molar-refractivity contribution in [3.8, 4) is 0 Å². The van der Waals surface area contributed by atoms with Crippen molar-refractivity contribution < 1.29 is 18.0 Å². The molecule has 80 valence electrons. The summed E-state index contributed by atoms with van der Waals surface area (Å²) in [5.74, 6) is -0.348. The van der Waals surface area contributed by atoms with Crippen molar-refractivity contribution in [1.29, 1.82) is 0 Å². The van der Waals surface area contributed by atoms with Crippen LogP contribution in [-0.4, -0.2) is 10.8 Å². The summed E-state index contributed by atoms with van der Waals surface area (Å²) >= 11 is 0. The highest BCUT2D eigenvalue weighted by Gasteiger charge is 2.30. The summed E-state index contributed by atoms with van der Waals surface area (Å²) in [5, 5.41) is 0. The lowest BCUT2D eigenvalue weighted by atomic mass is 10.1. The van der Waals surface area contributed by atoms with Crippen LogP contribution in [0.15, 0.2) is 31.0 Å². The number of rotatable bonds is 3. The molecule has 0 N–H and O–H groups in total. The van der Waals surface area contributed by atoms with E-state index in [0.29, 0.717) is 6.20 Å². The number of ketones is 1. The summed E-state index contributed by atoms with van der Waals surface area (Å²) in [6.45, 7) is 3.35. The number of carbonyl (C=O) groups is 1. The van der Waals surface area contributed by atoms with Crippen LogP contribution in [-0.2, 0) is 6.18 Å². The Labute approximate surface area is 84.4 Å². The van der Waals surface area contributed by atoms with Crippen molar-refractivity contribution in [3.63, 3.8) is 0 Å². The molecule has 1 rings (SSSR count). The lowest BCUT2D eigenvalue weighted by Gasteiger charge is -2.05. The highest BCUT2D eigenvalue weighted by Crippen LogP contribution is 2.28. The van der Waals surface area contributed by atoms with Crippen LogP contribution in [0.5, 0.6) is 0 Å². The molecule has 1 aromatic heterocycles. The van der Waals surface area contributed by atoms with Gasteiger partial charge in [0.25, 0.3) is 0 Å². The molecule has 0 aliphatic heterocycles. The Bertz CT molecular complexity index is 367. The third-order valence-corrected chi connectivity index (χ3v) is 1.71. The van der Waals surface area contributed by atoms with Crippen LogP contribution in [0.2, 0.25) is 0 Å². The van der Waals surface area contributed by atoms with Gasteiger partial charge < -0.3 is 0 Å². The average Bonchev–Trinajstić information content (AvgIpc) is 2.17. The smallest absolute Gasteiger partial charge is 0.292 e. The summed E-state index contributed by atoms with van der Waals surface area (Å²) in [5.41, 5.74) is -0.847. The minimum Gasteiger partial charge on any atom is -0.292 e. The summed E-state index contributed by atoms with van der Waals surface area (Å²) in [7, 11) is 0. The van der Waals surface area contributed by atoms with E-state index in [1.807, 2.05) is 0 Å². The van der Waals surface area contributed by atoms with Crippen LogP contribution < -0.4 is 0 Å². The van der Waals surface area contributed by atoms with E-state index in [4.69, 9.17) is 0 Å².